The summed E-state index contributed by atoms with van der Waals surface area (Å²) in [5, 5.41) is 11.2. The van der Waals surface area contributed by atoms with Crippen molar-refractivity contribution < 1.29 is 19.0 Å². The van der Waals surface area contributed by atoms with Gasteiger partial charge in [-0.2, -0.15) is 0 Å². The Kier molecular flexibility index (Phi) is 6.52. The average molecular weight is 386 g/mol. The van der Waals surface area contributed by atoms with Crippen molar-refractivity contribution in [2.24, 2.45) is 5.92 Å². The highest BCUT2D eigenvalue weighted by molar-refractivity contribution is 5.79. The molecule has 1 aliphatic heterocycles. The van der Waals surface area contributed by atoms with Crippen LogP contribution >= 0.6 is 0 Å². The SMILES string of the molecule is COc1ccc(N2CCC[C@@H](C(=O)NCc3ccc(OC)c(OC)c3)C2)nn1. The molecule has 28 heavy (non-hydrogen) atoms. The molecule has 0 saturated carbocycles. The molecule has 0 radical (unpaired) electrons. The molecular formula is C20H26N4O4. The fourth-order valence-electron chi connectivity index (χ4n) is 3.31. The van der Waals surface area contributed by atoms with E-state index in [9.17, 15) is 4.79 Å². The van der Waals surface area contributed by atoms with E-state index >= 15 is 0 Å². The van der Waals surface area contributed by atoms with E-state index in [0.717, 1.165) is 30.8 Å². The fraction of sp³-hybridized carbons (Fsp3) is 0.450. The van der Waals surface area contributed by atoms with Crippen LogP contribution in [0.25, 0.3) is 0 Å². The van der Waals surface area contributed by atoms with Gasteiger partial charge in [0.15, 0.2) is 17.3 Å². The molecule has 8 nitrogen and oxygen atoms in total. The van der Waals surface area contributed by atoms with Gasteiger partial charge in [0.1, 0.15) is 0 Å². The molecule has 1 aromatic carbocycles. The van der Waals surface area contributed by atoms with Crippen LogP contribution in [0.3, 0.4) is 0 Å². The van der Waals surface area contributed by atoms with E-state index < -0.39 is 0 Å². The quantitative estimate of drug-likeness (QED) is 0.779. The second-order valence-electron chi connectivity index (χ2n) is 6.63. The summed E-state index contributed by atoms with van der Waals surface area (Å²) in [6.45, 7) is 1.93. The number of amides is 1. The van der Waals surface area contributed by atoms with Gasteiger partial charge in [-0.05, 0) is 36.6 Å². The molecule has 1 amide bonds. The second kappa shape index (κ2) is 9.25. The summed E-state index contributed by atoms with van der Waals surface area (Å²) in [5.74, 6) is 2.51. The highest BCUT2D eigenvalue weighted by Gasteiger charge is 2.26. The lowest BCUT2D eigenvalue weighted by Gasteiger charge is -2.32. The van der Waals surface area contributed by atoms with Crippen LogP contribution in [-0.4, -0.2) is 50.5 Å². The smallest absolute Gasteiger partial charge is 0.233 e. The van der Waals surface area contributed by atoms with Crippen LogP contribution in [0, 0.1) is 5.92 Å². The summed E-state index contributed by atoms with van der Waals surface area (Å²) in [6.07, 6.45) is 1.79. The third-order valence-corrected chi connectivity index (χ3v) is 4.87. The van der Waals surface area contributed by atoms with Gasteiger partial charge in [0.2, 0.25) is 11.8 Å². The Hall–Kier alpha value is -3.03. The highest BCUT2D eigenvalue weighted by atomic mass is 16.5. The Morgan fingerprint density at radius 1 is 1.11 bits per heavy atom. The molecule has 2 aromatic rings. The Bertz CT molecular complexity index is 797. The maximum atomic E-state index is 12.7. The first-order chi connectivity index (χ1) is 13.6. The molecule has 0 unspecified atom stereocenters. The molecular weight excluding hydrogens is 360 g/mol. The number of methoxy groups -OCH3 is 3. The minimum atomic E-state index is -0.0854. The molecule has 1 aromatic heterocycles. The first-order valence-corrected chi connectivity index (χ1v) is 9.26. The van der Waals surface area contributed by atoms with Crippen molar-refractivity contribution in [1.82, 2.24) is 15.5 Å². The zero-order chi connectivity index (χ0) is 19.9. The van der Waals surface area contributed by atoms with Gasteiger partial charge in [0.05, 0.1) is 27.2 Å². The number of hydrogen-bond donors (Lipinski definition) is 1. The van der Waals surface area contributed by atoms with Crippen molar-refractivity contribution in [3.63, 3.8) is 0 Å². The van der Waals surface area contributed by atoms with Crippen LogP contribution in [0.4, 0.5) is 5.82 Å². The maximum Gasteiger partial charge on any atom is 0.233 e. The number of benzene rings is 1. The van der Waals surface area contributed by atoms with Crippen LogP contribution < -0.4 is 24.4 Å². The van der Waals surface area contributed by atoms with Crippen LogP contribution in [-0.2, 0) is 11.3 Å². The van der Waals surface area contributed by atoms with E-state index in [1.54, 1.807) is 27.4 Å². The van der Waals surface area contributed by atoms with Crippen molar-refractivity contribution in [3.05, 3.63) is 35.9 Å². The summed E-state index contributed by atoms with van der Waals surface area (Å²) < 4.78 is 15.6. The van der Waals surface area contributed by atoms with Crippen molar-refractivity contribution >= 4 is 11.7 Å². The van der Waals surface area contributed by atoms with Gasteiger partial charge in [-0.25, -0.2) is 0 Å². The third kappa shape index (κ3) is 4.62. The number of carbonyl (C=O) groups is 1. The van der Waals surface area contributed by atoms with Gasteiger partial charge in [0, 0.05) is 25.7 Å². The Morgan fingerprint density at radius 2 is 1.93 bits per heavy atom. The van der Waals surface area contributed by atoms with Crippen LogP contribution in [0.15, 0.2) is 30.3 Å². The molecule has 1 saturated heterocycles. The number of nitrogens with one attached hydrogen (secondary N) is 1. The topological polar surface area (TPSA) is 85.8 Å². The number of rotatable bonds is 7. The van der Waals surface area contributed by atoms with Crippen molar-refractivity contribution in [1.29, 1.82) is 0 Å². The van der Waals surface area contributed by atoms with E-state index in [0.29, 0.717) is 30.5 Å². The number of ether oxygens (including phenoxy) is 3. The van der Waals surface area contributed by atoms with Gasteiger partial charge in [0.25, 0.3) is 0 Å². The van der Waals surface area contributed by atoms with Crippen LogP contribution in [0.2, 0.25) is 0 Å². The Balaban J connectivity index is 1.58. The predicted molar refractivity (Wildman–Crippen MR) is 105 cm³/mol. The van der Waals surface area contributed by atoms with Crippen molar-refractivity contribution in [2.45, 2.75) is 19.4 Å². The number of nitrogens with zero attached hydrogens (tertiary/aromatic N) is 3. The predicted octanol–water partition coefficient (Wildman–Crippen LogP) is 2.04. The first-order valence-electron chi connectivity index (χ1n) is 9.26. The summed E-state index contributed by atoms with van der Waals surface area (Å²) >= 11 is 0. The van der Waals surface area contributed by atoms with Crippen molar-refractivity contribution in [2.75, 3.05) is 39.3 Å². The second-order valence-corrected chi connectivity index (χ2v) is 6.63. The summed E-state index contributed by atoms with van der Waals surface area (Å²) in [6, 6.07) is 9.28. The van der Waals surface area contributed by atoms with E-state index in [2.05, 4.69) is 20.4 Å². The lowest BCUT2D eigenvalue weighted by molar-refractivity contribution is -0.125. The monoisotopic (exact) mass is 386 g/mol. The summed E-state index contributed by atoms with van der Waals surface area (Å²) in [5.41, 5.74) is 0.958. The molecule has 1 atom stereocenters. The molecule has 2 heterocycles. The minimum absolute atomic E-state index is 0.0426. The van der Waals surface area contributed by atoms with Gasteiger partial charge in [-0.1, -0.05) is 6.07 Å². The minimum Gasteiger partial charge on any atom is -0.493 e. The lowest BCUT2D eigenvalue weighted by atomic mass is 9.97. The lowest BCUT2D eigenvalue weighted by Crippen LogP contribution is -2.43. The Labute approximate surface area is 164 Å². The van der Waals surface area contributed by atoms with Crippen molar-refractivity contribution in [3.8, 4) is 17.4 Å². The molecule has 8 heteroatoms. The molecule has 0 aliphatic carbocycles. The van der Waals surface area contributed by atoms with E-state index in [1.807, 2.05) is 24.3 Å². The Morgan fingerprint density at radius 3 is 2.61 bits per heavy atom. The molecule has 1 aliphatic rings. The third-order valence-electron chi connectivity index (χ3n) is 4.87. The van der Waals surface area contributed by atoms with Crippen LogP contribution in [0.5, 0.6) is 17.4 Å². The molecule has 1 fully saturated rings. The average Bonchev–Trinajstić information content (AvgIpc) is 2.77. The van der Waals surface area contributed by atoms with Crippen LogP contribution in [0.1, 0.15) is 18.4 Å². The number of aromatic nitrogens is 2. The van der Waals surface area contributed by atoms with Gasteiger partial charge < -0.3 is 24.4 Å². The number of anilines is 1. The molecule has 3 rings (SSSR count). The van der Waals surface area contributed by atoms with E-state index in [4.69, 9.17) is 14.2 Å². The first kappa shape index (κ1) is 19.7. The normalized spacial score (nSPS) is 16.4. The largest absolute Gasteiger partial charge is 0.493 e. The molecule has 0 bridgehead atoms. The van der Waals surface area contributed by atoms with Gasteiger partial charge in [-0.15, -0.1) is 10.2 Å². The summed E-state index contributed by atoms with van der Waals surface area (Å²) in [7, 11) is 4.75. The number of carbonyl (C=O) groups excluding carboxylic acids is 1. The van der Waals surface area contributed by atoms with E-state index in [-0.39, 0.29) is 11.8 Å². The zero-order valence-electron chi connectivity index (χ0n) is 16.5. The standard InChI is InChI=1S/C20H26N4O4/c1-26-16-7-6-14(11-17(16)27-2)12-21-20(25)15-5-4-10-24(13-15)18-8-9-19(28-3)23-22-18/h6-9,11,15H,4-5,10,12-13H2,1-3H3,(H,21,25)/t15-/m1/s1. The summed E-state index contributed by atoms with van der Waals surface area (Å²) in [4.78, 5) is 14.8. The fourth-order valence-corrected chi connectivity index (χ4v) is 3.31. The number of hydrogen-bond acceptors (Lipinski definition) is 7. The van der Waals surface area contributed by atoms with E-state index in [1.165, 1.54) is 0 Å². The zero-order valence-corrected chi connectivity index (χ0v) is 16.5. The number of piperidine rings is 1. The highest BCUT2D eigenvalue weighted by Crippen LogP contribution is 2.27. The maximum absolute atomic E-state index is 12.7. The van der Waals surface area contributed by atoms with Gasteiger partial charge >= 0.3 is 0 Å². The molecule has 150 valence electrons. The molecule has 1 N–H and O–H groups in total. The van der Waals surface area contributed by atoms with Gasteiger partial charge in [-0.3, -0.25) is 4.79 Å². The molecule has 0 spiro atoms.